The molecule has 23 heavy (non-hydrogen) atoms. The van der Waals surface area contributed by atoms with Crippen molar-refractivity contribution in [2.45, 2.75) is 62.7 Å². The quantitative estimate of drug-likeness (QED) is 0.516. The van der Waals surface area contributed by atoms with Crippen molar-refractivity contribution in [1.82, 2.24) is 0 Å². The van der Waals surface area contributed by atoms with Gasteiger partial charge in [0.15, 0.2) is 0 Å². The van der Waals surface area contributed by atoms with Gasteiger partial charge in [0.25, 0.3) is 0 Å². The fraction of sp³-hybridized carbons (Fsp3) is 0.571. The van der Waals surface area contributed by atoms with Gasteiger partial charge < -0.3 is 0 Å². The molecule has 0 heterocycles. The highest BCUT2D eigenvalue weighted by molar-refractivity contribution is 7.99. The van der Waals surface area contributed by atoms with Crippen LogP contribution in [0, 0.1) is 11.3 Å². The third-order valence-corrected chi connectivity index (χ3v) is 7.53. The van der Waals surface area contributed by atoms with E-state index in [1.807, 2.05) is 11.8 Å². The fourth-order valence-electron chi connectivity index (χ4n) is 4.95. The van der Waals surface area contributed by atoms with Gasteiger partial charge in [0.1, 0.15) is 5.78 Å². The van der Waals surface area contributed by atoms with Gasteiger partial charge >= 0.3 is 0 Å². The van der Waals surface area contributed by atoms with Gasteiger partial charge in [0, 0.05) is 22.5 Å². The van der Waals surface area contributed by atoms with Crippen molar-refractivity contribution in [2.75, 3.05) is 5.75 Å². The maximum atomic E-state index is 13.0. The van der Waals surface area contributed by atoms with Crippen LogP contribution in [0.5, 0.6) is 0 Å². The van der Waals surface area contributed by atoms with Crippen molar-refractivity contribution in [3.05, 3.63) is 41.5 Å². The number of benzene rings is 1. The van der Waals surface area contributed by atoms with Crippen LogP contribution in [0.25, 0.3) is 0 Å². The smallest absolute Gasteiger partial charge is 0.140 e. The maximum Gasteiger partial charge on any atom is 0.140 e. The average molecular weight is 327 g/mol. The minimum Gasteiger partial charge on any atom is -0.299 e. The predicted octanol–water partition coefficient (Wildman–Crippen LogP) is 5.80. The van der Waals surface area contributed by atoms with Crippen LogP contribution >= 0.6 is 11.8 Å². The zero-order chi connectivity index (χ0) is 15.7. The van der Waals surface area contributed by atoms with E-state index in [1.54, 1.807) is 11.1 Å². The second-order valence-corrected chi connectivity index (χ2v) is 8.61. The first-order valence-electron chi connectivity index (χ1n) is 9.19. The summed E-state index contributed by atoms with van der Waals surface area (Å²) in [5.41, 5.74) is 3.34. The van der Waals surface area contributed by atoms with Gasteiger partial charge in [-0.15, -0.1) is 11.8 Å². The molecule has 0 saturated heterocycles. The van der Waals surface area contributed by atoms with Crippen molar-refractivity contribution >= 4 is 17.5 Å². The molecule has 0 unspecified atom stereocenters. The van der Waals surface area contributed by atoms with E-state index < -0.39 is 0 Å². The Morgan fingerprint density at radius 3 is 2.61 bits per heavy atom. The summed E-state index contributed by atoms with van der Waals surface area (Å²) in [6.45, 7) is 0. The molecule has 3 aliphatic carbocycles. The molecule has 0 N–H and O–H groups in total. The summed E-state index contributed by atoms with van der Waals surface area (Å²) in [5, 5.41) is 0. The van der Waals surface area contributed by atoms with Crippen LogP contribution in [0.4, 0.5) is 0 Å². The van der Waals surface area contributed by atoms with Crippen LogP contribution in [0.15, 0.2) is 46.4 Å². The van der Waals surface area contributed by atoms with Crippen LogP contribution in [-0.4, -0.2) is 11.5 Å². The molecule has 0 aromatic heterocycles. The number of carbonyl (C=O) groups excluding carboxylic acids is 1. The number of carbonyl (C=O) groups is 1. The number of thioether (sulfide) groups is 1. The second-order valence-electron chi connectivity index (χ2n) is 7.57. The number of rotatable bonds is 3. The Kier molecular flexibility index (Phi) is 4.36. The van der Waals surface area contributed by atoms with E-state index in [1.165, 1.54) is 43.4 Å². The number of hydrogen-bond donors (Lipinski definition) is 0. The summed E-state index contributed by atoms with van der Waals surface area (Å²) in [5.74, 6) is 2.16. The van der Waals surface area contributed by atoms with Gasteiger partial charge in [0.2, 0.25) is 0 Å². The zero-order valence-corrected chi connectivity index (χ0v) is 14.7. The first-order valence-corrected chi connectivity index (χ1v) is 10.2. The van der Waals surface area contributed by atoms with Crippen LogP contribution in [-0.2, 0) is 4.79 Å². The third kappa shape index (κ3) is 2.91. The lowest BCUT2D eigenvalue weighted by atomic mass is 9.57. The molecular weight excluding hydrogens is 300 g/mol. The largest absolute Gasteiger partial charge is 0.299 e. The standard InChI is InChI=1S/C21H26OS/c22-20-12-6-9-18-13-16-7-4-5-8-17(16)14-21(18,20)15-23-19-10-2-1-3-11-19/h1-3,10-11,18H,4-9,12-15H2/t18-,21+/m1/s1. The van der Waals surface area contributed by atoms with E-state index >= 15 is 0 Å². The molecule has 122 valence electrons. The molecule has 0 amide bonds. The molecule has 0 spiro atoms. The first-order chi connectivity index (χ1) is 11.3. The Morgan fingerprint density at radius 2 is 1.78 bits per heavy atom. The molecule has 1 fully saturated rings. The lowest BCUT2D eigenvalue weighted by Crippen LogP contribution is -2.47. The Morgan fingerprint density at radius 1 is 1.00 bits per heavy atom. The summed E-state index contributed by atoms with van der Waals surface area (Å²) in [4.78, 5) is 14.3. The van der Waals surface area contributed by atoms with E-state index in [9.17, 15) is 4.79 Å². The molecule has 1 aromatic carbocycles. The van der Waals surface area contributed by atoms with E-state index in [0.717, 1.165) is 25.0 Å². The fourth-order valence-corrected chi connectivity index (χ4v) is 6.22. The topological polar surface area (TPSA) is 17.1 Å². The summed E-state index contributed by atoms with van der Waals surface area (Å²) in [7, 11) is 0. The monoisotopic (exact) mass is 326 g/mol. The van der Waals surface area contributed by atoms with Gasteiger partial charge in [-0.25, -0.2) is 0 Å². The second kappa shape index (κ2) is 6.47. The number of allylic oxidation sites excluding steroid dienone is 2. The molecule has 0 aliphatic heterocycles. The Hall–Kier alpha value is -1.02. The van der Waals surface area contributed by atoms with Crippen molar-refractivity contribution in [1.29, 1.82) is 0 Å². The maximum absolute atomic E-state index is 13.0. The molecule has 1 aromatic rings. The van der Waals surface area contributed by atoms with E-state index in [2.05, 4.69) is 30.3 Å². The summed E-state index contributed by atoms with van der Waals surface area (Å²) >= 11 is 1.90. The molecule has 0 radical (unpaired) electrons. The molecular formula is C21H26OS. The molecule has 4 rings (SSSR count). The van der Waals surface area contributed by atoms with Crippen molar-refractivity contribution in [2.24, 2.45) is 11.3 Å². The molecule has 2 heteroatoms. The molecule has 1 nitrogen and oxygen atoms in total. The van der Waals surface area contributed by atoms with E-state index in [4.69, 9.17) is 0 Å². The van der Waals surface area contributed by atoms with E-state index in [0.29, 0.717) is 11.7 Å². The Bertz CT molecular complexity index is 618. The number of hydrogen-bond acceptors (Lipinski definition) is 2. The average Bonchev–Trinajstić information content (AvgIpc) is 2.60. The van der Waals surface area contributed by atoms with Crippen molar-refractivity contribution < 1.29 is 4.79 Å². The van der Waals surface area contributed by atoms with Gasteiger partial charge in [-0.05, 0) is 69.4 Å². The van der Waals surface area contributed by atoms with Gasteiger partial charge in [-0.3, -0.25) is 4.79 Å². The van der Waals surface area contributed by atoms with Crippen molar-refractivity contribution in [3.63, 3.8) is 0 Å². The summed E-state index contributed by atoms with van der Waals surface area (Å²) in [6.07, 6.45) is 10.7. The minimum absolute atomic E-state index is 0.0606. The normalized spacial score (nSPS) is 30.8. The van der Waals surface area contributed by atoms with Crippen LogP contribution in [0.2, 0.25) is 0 Å². The van der Waals surface area contributed by atoms with Crippen LogP contribution in [0.3, 0.4) is 0 Å². The molecule has 3 aliphatic rings. The van der Waals surface area contributed by atoms with Gasteiger partial charge in [-0.1, -0.05) is 29.3 Å². The van der Waals surface area contributed by atoms with Gasteiger partial charge in [-0.2, -0.15) is 0 Å². The molecule has 2 atom stereocenters. The zero-order valence-electron chi connectivity index (χ0n) is 13.9. The highest BCUT2D eigenvalue weighted by Gasteiger charge is 2.50. The van der Waals surface area contributed by atoms with Crippen LogP contribution < -0.4 is 0 Å². The van der Waals surface area contributed by atoms with Crippen LogP contribution in [0.1, 0.15) is 57.8 Å². The SMILES string of the molecule is O=C1CCC[C@@H]2CC3=C(CCCC3)C[C@@]12CSc1ccccc1. The number of Topliss-reactive ketones (excluding diaryl/α,β-unsaturated/α-hetero) is 1. The molecule has 0 bridgehead atoms. The molecule has 1 saturated carbocycles. The Labute approximate surface area is 143 Å². The lowest BCUT2D eigenvalue weighted by molar-refractivity contribution is -0.134. The van der Waals surface area contributed by atoms with E-state index in [-0.39, 0.29) is 5.41 Å². The Balaban J connectivity index is 1.61. The summed E-state index contributed by atoms with van der Waals surface area (Å²) in [6, 6.07) is 10.6. The third-order valence-electron chi connectivity index (χ3n) is 6.26. The number of fused-ring (bicyclic) bond motifs is 1. The van der Waals surface area contributed by atoms with Crippen molar-refractivity contribution in [3.8, 4) is 0 Å². The van der Waals surface area contributed by atoms with Gasteiger partial charge in [0.05, 0.1) is 0 Å². The lowest BCUT2D eigenvalue weighted by Gasteiger charge is -2.48. The minimum atomic E-state index is -0.0606. The summed E-state index contributed by atoms with van der Waals surface area (Å²) < 4.78 is 0. The highest BCUT2D eigenvalue weighted by atomic mass is 32.2. The first kappa shape index (κ1) is 15.5. The highest BCUT2D eigenvalue weighted by Crippen LogP contribution is 2.54. The predicted molar refractivity (Wildman–Crippen MR) is 96.7 cm³/mol. The number of ketones is 1.